The van der Waals surface area contributed by atoms with Crippen molar-refractivity contribution < 1.29 is 17.9 Å². The fourth-order valence-corrected chi connectivity index (χ4v) is 4.16. The third-order valence-electron chi connectivity index (χ3n) is 5.78. The highest BCUT2D eigenvalue weighted by atomic mass is 19.2. The van der Waals surface area contributed by atoms with Gasteiger partial charge in [0, 0.05) is 22.0 Å². The molecule has 5 rings (SSSR count). The van der Waals surface area contributed by atoms with Crippen LogP contribution >= 0.6 is 0 Å². The summed E-state index contributed by atoms with van der Waals surface area (Å²) < 4.78 is 48.7. The lowest BCUT2D eigenvalue weighted by Crippen LogP contribution is -1.96. The maximum Gasteiger partial charge on any atom is 0.195 e. The molecule has 0 radical (unpaired) electrons. The average Bonchev–Trinajstić information content (AvgIpc) is 3.20. The summed E-state index contributed by atoms with van der Waals surface area (Å²) in [6.45, 7) is 0. The van der Waals surface area contributed by atoms with E-state index in [9.17, 15) is 18.4 Å². The maximum atomic E-state index is 14.3. The van der Waals surface area contributed by atoms with Gasteiger partial charge in [-0.3, -0.25) is 0 Å². The molecule has 0 spiro atoms. The number of methoxy groups -OCH3 is 1. The van der Waals surface area contributed by atoms with Crippen molar-refractivity contribution in [3.05, 3.63) is 107 Å². The van der Waals surface area contributed by atoms with E-state index in [1.807, 2.05) is 66.7 Å². The molecule has 166 valence electrons. The minimum Gasteiger partial charge on any atom is -0.497 e. The maximum absolute atomic E-state index is 14.3. The Morgan fingerprint density at radius 3 is 2.32 bits per heavy atom. The van der Waals surface area contributed by atoms with E-state index in [0.717, 1.165) is 45.4 Å². The number of nitriles is 1. The first kappa shape index (κ1) is 21.4. The van der Waals surface area contributed by atoms with Crippen molar-refractivity contribution in [1.82, 2.24) is 4.57 Å². The Hall–Kier alpha value is -4.50. The molecule has 0 saturated carbocycles. The molecule has 0 aliphatic rings. The van der Waals surface area contributed by atoms with Crippen LogP contribution in [0, 0.1) is 28.8 Å². The van der Waals surface area contributed by atoms with Gasteiger partial charge in [0.1, 0.15) is 5.75 Å². The summed E-state index contributed by atoms with van der Waals surface area (Å²) >= 11 is 0. The third kappa shape index (κ3) is 3.48. The quantitative estimate of drug-likeness (QED) is 0.163. The van der Waals surface area contributed by atoms with Crippen LogP contribution < -0.4 is 4.74 Å². The lowest BCUT2D eigenvalue weighted by atomic mass is 10.0. The zero-order valence-electron chi connectivity index (χ0n) is 18.0. The zero-order chi connectivity index (χ0) is 23.8. The first-order valence-electron chi connectivity index (χ1n) is 10.4. The normalized spacial score (nSPS) is 11.7. The molecular weight excluding hydrogens is 437 g/mol. The molecule has 4 aromatic carbocycles. The predicted molar refractivity (Wildman–Crippen MR) is 127 cm³/mol. The Kier molecular flexibility index (Phi) is 5.31. The molecule has 1 aromatic heterocycles. The Morgan fingerprint density at radius 1 is 0.853 bits per heavy atom. The second-order valence-electron chi connectivity index (χ2n) is 7.72. The molecule has 0 aliphatic carbocycles. The van der Waals surface area contributed by atoms with Gasteiger partial charge >= 0.3 is 0 Å². The van der Waals surface area contributed by atoms with Crippen LogP contribution in [0.25, 0.3) is 39.1 Å². The molecule has 0 aliphatic heterocycles. The van der Waals surface area contributed by atoms with Gasteiger partial charge in [0.15, 0.2) is 17.5 Å². The second-order valence-corrected chi connectivity index (χ2v) is 7.72. The molecule has 1 heterocycles. The van der Waals surface area contributed by atoms with Crippen molar-refractivity contribution >= 4 is 33.5 Å². The van der Waals surface area contributed by atoms with Crippen LogP contribution in [0.1, 0.15) is 11.1 Å². The first-order chi connectivity index (χ1) is 16.5. The van der Waals surface area contributed by atoms with Crippen LogP contribution in [0.4, 0.5) is 13.2 Å². The third-order valence-corrected chi connectivity index (χ3v) is 5.78. The summed E-state index contributed by atoms with van der Waals surface area (Å²) in [4.78, 5) is 0. The Morgan fingerprint density at radius 2 is 1.59 bits per heavy atom. The molecule has 0 atom stereocenters. The van der Waals surface area contributed by atoms with E-state index >= 15 is 0 Å². The fraction of sp³-hybridized carbons (Fsp3) is 0.0357. The topological polar surface area (TPSA) is 38.0 Å². The largest absolute Gasteiger partial charge is 0.497 e. The Balaban J connectivity index is 1.69. The minimum atomic E-state index is -1.60. The average molecular weight is 454 g/mol. The van der Waals surface area contributed by atoms with E-state index in [2.05, 4.69) is 4.57 Å². The molecule has 0 bridgehead atoms. The van der Waals surface area contributed by atoms with Gasteiger partial charge in [-0.15, -0.1) is 0 Å². The molecule has 3 nitrogen and oxygen atoms in total. The van der Waals surface area contributed by atoms with Crippen molar-refractivity contribution in [3.8, 4) is 17.5 Å². The van der Waals surface area contributed by atoms with Crippen LogP contribution in [0.5, 0.6) is 5.75 Å². The number of fused-ring (bicyclic) bond motifs is 3. The number of aromatic nitrogens is 1. The van der Waals surface area contributed by atoms with E-state index in [4.69, 9.17) is 4.74 Å². The highest BCUT2D eigenvalue weighted by molar-refractivity contribution is 6.10. The monoisotopic (exact) mass is 454 g/mol. The van der Waals surface area contributed by atoms with Crippen LogP contribution in [0.3, 0.4) is 0 Å². The van der Waals surface area contributed by atoms with Gasteiger partial charge in [-0.2, -0.15) is 5.26 Å². The van der Waals surface area contributed by atoms with Crippen molar-refractivity contribution in [1.29, 1.82) is 5.26 Å². The lowest BCUT2D eigenvalue weighted by molar-refractivity contribution is 0.415. The zero-order valence-corrected chi connectivity index (χ0v) is 18.0. The number of hydrogen-bond donors (Lipinski definition) is 0. The van der Waals surface area contributed by atoms with Crippen molar-refractivity contribution in [3.63, 3.8) is 0 Å². The summed E-state index contributed by atoms with van der Waals surface area (Å²) in [5.41, 5.74) is 3.14. The van der Waals surface area contributed by atoms with Crippen molar-refractivity contribution in [2.75, 3.05) is 7.11 Å². The smallest absolute Gasteiger partial charge is 0.195 e. The molecule has 0 amide bonds. The van der Waals surface area contributed by atoms with Gasteiger partial charge in [0.2, 0.25) is 0 Å². The van der Waals surface area contributed by atoms with Crippen LogP contribution in [0.15, 0.2) is 78.9 Å². The number of nitrogens with zero attached hydrogens (tertiary/aromatic N) is 2. The van der Waals surface area contributed by atoms with E-state index in [1.54, 1.807) is 13.2 Å². The number of rotatable bonds is 4. The van der Waals surface area contributed by atoms with Crippen molar-refractivity contribution in [2.45, 2.75) is 0 Å². The van der Waals surface area contributed by atoms with E-state index < -0.39 is 17.5 Å². The van der Waals surface area contributed by atoms with Gasteiger partial charge in [0.05, 0.1) is 29.8 Å². The van der Waals surface area contributed by atoms with Crippen molar-refractivity contribution in [2.24, 2.45) is 0 Å². The number of hydrogen-bond acceptors (Lipinski definition) is 2. The fourth-order valence-electron chi connectivity index (χ4n) is 4.16. The number of para-hydroxylation sites is 1. The molecule has 0 saturated heterocycles. The van der Waals surface area contributed by atoms with Gasteiger partial charge in [-0.25, -0.2) is 13.2 Å². The van der Waals surface area contributed by atoms with Gasteiger partial charge in [0.25, 0.3) is 0 Å². The lowest BCUT2D eigenvalue weighted by Gasteiger charge is -2.09. The molecule has 0 fully saturated rings. The number of ether oxygens (including phenoxy) is 1. The summed E-state index contributed by atoms with van der Waals surface area (Å²) in [6.07, 6.45) is 1.47. The second kappa shape index (κ2) is 8.45. The molecular formula is C28H17F3N2O. The molecule has 34 heavy (non-hydrogen) atoms. The summed E-state index contributed by atoms with van der Waals surface area (Å²) in [6, 6.07) is 25.0. The molecule has 6 heteroatoms. The summed E-state index contributed by atoms with van der Waals surface area (Å²) in [5, 5.41) is 11.5. The summed E-state index contributed by atoms with van der Waals surface area (Å²) in [5.74, 6) is -3.53. The molecule has 0 unspecified atom stereocenters. The number of benzene rings is 4. The SMILES string of the molecule is COc1ccc(-n2c3ccccc3c3cc(/C=C(\C#N)c4ccc(F)c(F)c4F)ccc32)cc1. The van der Waals surface area contributed by atoms with E-state index in [0.29, 0.717) is 5.56 Å². The van der Waals surface area contributed by atoms with Gasteiger partial charge in [-0.1, -0.05) is 24.3 Å². The van der Waals surface area contributed by atoms with Crippen LogP contribution in [0.2, 0.25) is 0 Å². The standard InChI is InChI=1S/C28H17F3N2O/c1-34-20-9-7-19(8-10-20)33-25-5-3-2-4-22(25)23-15-17(6-13-26(23)33)14-18(16-32)21-11-12-24(29)28(31)27(21)30/h2-15H,1H3/b18-14+. The predicted octanol–water partition coefficient (Wildman–Crippen LogP) is 7.27. The molecule has 0 N–H and O–H groups in total. The van der Waals surface area contributed by atoms with Crippen LogP contribution in [-0.2, 0) is 0 Å². The van der Waals surface area contributed by atoms with E-state index in [-0.39, 0.29) is 11.1 Å². The van der Waals surface area contributed by atoms with Crippen LogP contribution in [-0.4, -0.2) is 11.7 Å². The van der Waals surface area contributed by atoms with E-state index in [1.165, 1.54) is 6.08 Å². The summed E-state index contributed by atoms with van der Waals surface area (Å²) in [7, 11) is 1.62. The Bertz CT molecular complexity index is 1630. The minimum absolute atomic E-state index is 0.102. The Labute approximate surface area is 193 Å². The number of halogens is 3. The van der Waals surface area contributed by atoms with Gasteiger partial charge < -0.3 is 9.30 Å². The highest BCUT2D eigenvalue weighted by Crippen LogP contribution is 2.34. The molecule has 5 aromatic rings. The highest BCUT2D eigenvalue weighted by Gasteiger charge is 2.17. The van der Waals surface area contributed by atoms with Gasteiger partial charge in [-0.05, 0) is 66.2 Å². The first-order valence-corrected chi connectivity index (χ1v) is 10.4. The number of allylic oxidation sites excluding steroid dienone is 1.